The largest absolute Gasteiger partial charge is 0.416 e. The van der Waals surface area contributed by atoms with Gasteiger partial charge in [0, 0.05) is 43.0 Å². The molecule has 1 saturated heterocycles. The SMILES string of the molecule is O=C(Cc1ccnc(C2CCOCC2)c1)c1ccc2ncc(-c3cccc(C(F)(F)F)c3)n2n1. The van der Waals surface area contributed by atoms with Crippen molar-refractivity contribution in [2.75, 3.05) is 13.2 Å². The van der Waals surface area contributed by atoms with Gasteiger partial charge < -0.3 is 4.74 Å². The van der Waals surface area contributed by atoms with Crippen LogP contribution in [0.1, 0.15) is 46.1 Å². The Morgan fingerprint density at radius 2 is 1.88 bits per heavy atom. The molecule has 4 aromatic rings. The lowest BCUT2D eigenvalue weighted by atomic mass is 9.94. The maximum atomic E-state index is 13.2. The molecule has 0 unspecified atom stereocenters. The molecule has 9 heteroatoms. The average molecular weight is 466 g/mol. The summed E-state index contributed by atoms with van der Waals surface area (Å²) in [6.07, 6.45) is 0.661. The van der Waals surface area contributed by atoms with Crippen LogP contribution in [0.2, 0.25) is 0 Å². The molecule has 0 radical (unpaired) electrons. The first kappa shape index (κ1) is 22.2. The second-order valence-corrected chi connectivity index (χ2v) is 8.29. The molecular formula is C25H21F3N4O2. The monoisotopic (exact) mass is 466 g/mol. The Kier molecular flexibility index (Phi) is 5.87. The number of Topliss-reactive ketones (excluding diaryl/α,β-unsaturated/α-hetero) is 1. The Morgan fingerprint density at radius 1 is 1.06 bits per heavy atom. The highest BCUT2D eigenvalue weighted by atomic mass is 19.4. The summed E-state index contributed by atoms with van der Waals surface area (Å²) in [4.78, 5) is 21.7. The lowest BCUT2D eigenvalue weighted by molar-refractivity contribution is -0.137. The van der Waals surface area contributed by atoms with Crippen molar-refractivity contribution in [3.05, 3.63) is 83.4 Å². The van der Waals surface area contributed by atoms with Gasteiger partial charge in [0.15, 0.2) is 11.4 Å². The standard InChI is InChI=1S/C25H21F3N4O2/c26-25(27,28)19-3-1-2-18(14-19)22-15-30-24-5-4-20(31-32(22)24)23(33)13-16-6-9-29-21(12-16)17-7-10-34-11-8-17/h1-6,9,12,14-15,17H,7-8,10-11,13H2. The molecule has 0 N–H and O–H groups in total. The number of rotatable bonds is 5. The van der Waals surface area contributed by atoms with Gasteiger partial charge >= 0.3 is 6.18 Å². The number of pyridine rings is 1. The number of nitrogens with zero attached hydrogens (tertiary/aromatic N) is 4. The van der Waals surface area contributed by atoms with E-state index in [2.05, 4.69) is 15.1 Å². The van der Waals surface area contributed by atoms with Gasteiger partial charge in [-0.2, -0.15) is 18.3 Å². The number of alkyl halides is 3. The predicted octanol–water partition coefficient (Wildman–Crippen LogP) is 5.13. The van der Waals surface area contributed by atoms with Crippen molar-refractivity contribution in [1.29, 1.82) is 0 Å². The maximum absolute atomic E-state index is 13.2. The Bertz CT molecular complexity index is 1340. The van der Waals surface area contributed by atoms with E-state index in [1.165, 1.54) is 16.8 Å². The first-order chi connectivity index (χ1) is 16.4. The lowest BCUT2D eigenvalue weighted by Crippen LogP contribution is -2.15. The third-order valence-electron chi connectivity index (χ3n) is 5.98. The molecule has 0 aliphatic carbocycles. The van der Waals surface area contributed by atoms with Crippen molar-refractivity contribution in [2.24, 2.45) is 0 Å². The fourth-order valence-electron chi connectivity index (χ4n) is 4.17. The first-order valence-corrected chi connectivity index (χ1v) is 11.0. The van der Waals surface area contributed by atoms with Crippen molar-refractivity contribution in [3.63, 3.8) is 0 Å². The van der Waals surface area contributed by atoms with Gasteiger partial charge in [0.2, 0.25) is 0 Å². The van der Waals surface area contributed by atoms with Crippen LogP contribution in [0.4, 0.5) is 13.2 Å². The summed E-state index contributed by atoms with van der Waals surface area (Å²) in [6, 6.07) is 11.9. The number of imidazole rings is 1. The maximum Gasteiger partial charge on any atom is 0.416 e. The van der Waals surface area contributed by atoms with Gasteiger partial charge in [-0.05, 0) is 54.8 Å². The quantitative estimate of drug-likeness (QED) is 0.382. The van der Waals surface area contributed by atoms with E-state index in [-0.39, 0.29) is 17.9 Å². The molecule has 3 aromatic heterocycles. The summed E-state index contributed by atoms with van der Waals surface area (Å²) in [6.45, 7) is 1.41. The zero-order valence-electron chi connectivity index (χ0n) is 18.1. The fourth-order valence-corrected chi connectivity index (χ4v) is 4.17. The van der Waals surface area contributed by atoms with E-state index < -0.39 is 11.7 Å². The molecule has 1 aromatic carbocycles. The highest BCUT2D eigenvalue weighted by Gasteiger charge is 2.30. The molecule has 6 nitrogen and oxygen atoms in total. The Balaban J connectivity index is 1.41. The van der Waals surface area contributed by atoms with Crippen LogP contribution in [0.3, 0.4) is 0 Å². The van der Waals surface area contributed by atoms with Crippen molar-refractivity contribution >= 4 is 11.4 Å². The number of fused-ring (bicyclic) bond motifs is 1. The van der Waals surface area contributed by atoms with E-state index in [4.69, 9.17) is 4.74 Å². The summed E-state index contributed by atoms with van der Waals surface area (Å²) in [7, 11) is 0. The van der Waals surface area contributed by atoms with Gasteiger partial charge in [-0.25, -0.2) is 9.50 Å². The van der Waals surface area contributed by atoms with Crippen LogP contribution in [0.15, 0.2) is 60.9 Å². The minimum absolute atomic E-state index is 0.144. The minimum Gasteiger partial charge on any atom is -0.381 e. The van der Waals surface area contributed by atoms with Crippen LogP contribution in [-0.2, 0) is 17.3 Å². The number of carbonyl (C=O) groups is 1. The molecule has 0 amide bonds. The van der Waals surface area contributed by atoms with Gasteiger partial charge in [-0.3, -0.25) is 9.78 Å². The van der Waals surface area contributed by atoms with E-state index in [0.29, 0.717) is 36.0 Å². The number of halogens is 3. The summed E-state index contributed by atoms with van der Waals surface area (Å²) >= 11 is 0. The molecule has 5 rings (SSSR count). The minimum atomic E-state index is -4.46. The molecule has 1 aliphatic rings. The number of ketones is 1. The van der Waals surface area contributed by atoms with E-state index >= 15 is 0 Å². The Hall–Kier alpha value is -3.59. The van der Waals surface area contributed by atoms with Gasteiger partial charge in [-0.15, -0.1) is 0 Å². The van der Waals surface area contributed by atoms with Crippen LogP contribution < -0.4 is 0 Å². The molecule has 174 valence electrons. The summed E-state index contributed by atoms with van der Waals surface area (Å²) in [5, 5.41) is 4.40. The topological polar surface area (TPSA) is 69.4 Å². The van der Waals surface area contributed by atoms with Gasteiger partial charge in [0.1, 0.15) is 5.69 Å². The predicted molar refractivity (Wildman–Crippen MR) is 118 cm³/mol. The average Bonchev–Trinajstić information content (AvgIpc) is 3.28. The molecule has 0 atom stereocenters. The summed E-state index contributed by atoms with van der Waals surface area (Å²) in [5.41, 5.74) is 2.38. The zero-order valence-corrected chi connectivity index (χ0v) is 18.1. The Morgan fingerprint density at radius 3 is 2.68 bits per heavy atom. The molecule has 1 fully saturated rings. The summed E-state index contributed by atoms with van der Waals surface area (Å²) < 4.78 is 46.3. The van der Waals surface area contributed by atoms with Crippen LogP contribution in [0.5, 0.6) is 0 Å². The Labute approximate surface area is 193 Å². The van der Waals surface area contributed by atoms with Gasteiger partial charge in [0.25, 0.3) is 0 Å². The molecule has 0 saturated carbocycles. The fraction of sp³-hybridized carbons (Fsp3) is 0.280. The first-order valence-electron chi connectivity index (χ1n) is 11.0. The van der Waals surface area contributed by atoms with Crippen LogP contribution in [0.25, 0.3) is 16.9 Å². The van der Waals surface area contributed by atoms with E-state index in [9.17, 15) is 18.0 Å². The van der Waals surface area contributed by atoms with Crippen molar-refractivity contribution < 1.29 is 22.7 Å². The second kappa shape index (κ2) is 8.98. The number of aromatic nitrogens is 4. The van der Waals surface area contributed by atoms with Gasteiger partial charge in [0.05, 0.1) is 17.5 Å². The molecule has 1 aliphatic heterocycles. The number of benzene rings is 1. The van der Waals surface area contributed by atoms with E-state index in [1.807, 2.05) is 12.1 Å². The number of carbonyl (C=O) groups excluding carboxylic acids is 1. The normalized spacial score (nSPS) is 15.0. The third kappa shape index (κ3) is 4.56. The van der Waals surface area contributed by atoms with Gasteiger partial charge in [-0.1, -0.05) is 12.1 Å². The lowest BCUT2D eigenvalue weighted by Gasteiger charge is -2.21. The number of hydrogen-bond acceptors (Lipinski definition) is 5. The summed E-state index contributed by atoms with van der Waals surface area (Å²) in [5.74, 6) is 0.119. The highest BCUT2D eigenvalue weighted by Crippen LogP contribution is 2.32. The number of hydrogen-bond donors (Lipinski definition) is 0. The highest BCUT2D eigenvalue weighted by molar-refractivity contribution is 5.95. The van der Waals surface area contributed by atoms with Crippen LogP contribution >= 0.6 is 0 Å². The second-order valence-electron chi connectivity index (χ2n) is 8.29. The smallest absolute Gasteiger partial charge is 0.381 e. The third-order valence-corrected chi connectivity index (χ3v) is 5.98. The van der Waals surface area contributed by atoms with E-state index in [0.717, 1.165) is 36.2 Å². The van der Waals surface area contributed by atoms with Crippen molar-refractivity contribution in [1.82, 2.24) is 19.6 Å². The van der Waals surface area contributed by atoms with Crippen LogP contribution in [-0.4, -0.2) is 38.6 Å². The van der Waals surface area contributed by atoms with Crippen molar-refractivity contribution in [3.8, 4) is 11.3 Å². The molecule has 4 heterocycles. The number of ether oxygens (including phenoxy) is 1. The van der Waals surface area contributed by atoms with Crippen LogP contribution in [0, 0.1) is 0 Å². The van der Waals surface area contributed by atoms with Crippen molar-refractivity contribution in [2.45, 2.75) is 31.4 Å². The molecule has 0 bridgehead atoms. The molecule has 34 heavy (non-hydrogen) atoms. The molecule has 0 spiro atoms. The zero-order chi connectivity index (χ0) is 23.7. The molecular weight excluding hydrogens is 445 g/mol. The van der Waals surface area contributed by atoms with E-state index in [1.54, 1.807) is 24.4 Å².